The number of anilines is 1. The van der Waals surface area contributed by atoms with Crippen LogP contribution in [0.4, 0.5) is 10.1 Å². The molecule has 1 heterocycles. The third-order valence-electron chi connectivity index (χ3n) is 2.84. The molecule has 0 bridgehead atoms. The second-order valence-electron chi connectivity index (χ2n) is 4.15. The van der Waals surface area contributed by atoms with E-state index in [0.717, 1.165) is 10.4 Å². The highest BCUT2D eigenvalue weighted by molar-refractivity contribution is 7.18. The summed E-state index contributed by atoms with van der Waals surface area (Å²) in [4.78, 5) is 12.9. The van der Waals surface area contributed by atoms with E-state index in [1.807, 2.05) is 0 Å². The molecule has 1 aromatic heterocycles. The van der Waals surface area contributed by atoms with Crippen LogP contribution in [-0.2, 0) is 4.74 Å². The lowest BCUT2D eigenvalue weighted by molar-refractivity contribution is 0.0533. The van der Waals surface area contributed by atoms with Crippen molar-refractivity contribution in [2.75, 3.05) is 12.3 Å². The number of thiophene rings is 1. The van der Waals surface area contributed by atoms with Gasteiger partial charge in [-0.15, -0.1) is 11.3 Å². The van der Waals surface area contributed by atoms with Gasteiger partial charge in [-0.2, -0.15) is 0 Å². The van der Waals surface area contributed by atoms with Crippen molar-refractivity contribution in [3.63, 3.8) is 0 Å². The number of nitrogen functional groups attached to an aromatic ring is 1. The first-order valence-electron chi connectivity index (χ1n) is 5.97. The van der Waals surface area contributed by atoms with Crippen LogP contribution in [0.25, 0.3) is 10.4 Å². The number of esters is 1. The fourth-order valence-electron chi connectivity index (χ4n) is 1.79. The lowest BCUT2D eigenvalue weighted by atomic mass is 10.1. The van der Waals surface area contributed by atoms with Gasteiger partial charge < -0.3 is 10.5 Å². The minimum atomic E-state index is -0.506. The van der Waals surface area contributed by atoms with Gasteiger partial charge in [0, 0.05) is 4.88 Å². The number of hydrogen-bond acceptors (Lipinski definition) is 4. The molecule has 106 valence electrons. The van der Waals surface area contributed by atoms with Gasteiger partial charge in [0.2, 0.25) is 0 Å². The smallest absolute Gasteiger partial charge is 0.350 e. The molecule has 0 unspecified atom stereocenters. The number of rotatable bonds is 3. The van der Waals surface area contributed by atoms with E-state index in [2.05, 4.69) is 0 Å². The van der Waals surface area contributed by atoms with Crippen molar-refractivity contribution in [2.24, 2.45) is 0 Å². The first-order chi connectivity index (χ1) is 9.45. The lowest BCUT2D eigenvalue weighted by Gasteiger charge is -2.01. The first kappa shape index (κ1) is 14.8. The third kappa shape index (κ3) is 2.64. The molecule has 0 saturated heterocycles. The zero-order chi connectivity index (χ0) is 14.9. The van der Waals surface area contributed by atoms with Gasteiger partial charge in [0.15, 0.2) is 0 Å². The second-order valence-corrected chi connectivity index (χ2v) is 5.58. The predicted octanol–water partition coefficient (Wildman–Crippen LogP) is 4.27. The Hall–Kier alpha value is -1.59. The van der Waals surface area contributed by atoms with Crippen LogP contribution in [0.1, 0.15) is 22.2 Å². The molecular formula is C14H13ClFNO2S. The standard InChI is InChI=1S/C14H13ClFNO2S/c1-3-19-14(18)13-11(17)7(2)12(20-13)8-4-5-9(15)10(16)6-8/h4-6H,3,17H2,1-2H3. The third-order valence-corrected chi connectivity index (χ3v) is 4.48. The molecule has 3 nitrogen and oxygen atoms in total. The van der Waals surface area contributed by atoms with Crippen LogP contribution in [0, 0.1) is 12.7 Å². The van der Waals surface area contributed by atoms with E-state index in [1.54, 1.807) is 19.9 Å². The van der Waals surface area contributed by atoms with Crippen molar-refractivity contribution in [1.29, 1.82) is 0 Å². The number of carbonyl (C=O) groups is 1. The van der Waals surface area contributed by atoms with Crippen LogP contribution >= 0.6 is 22.9 Å². The molecular weight excluding hydrogens is 301 g/mol. The van der Waals surface area contributed by atoms with Crippen molar-refractivity contribution in [1.82, 2.24) is 0 Å². The molecule has 1 aromatic carbocycles. The molecule has 0 saturated carbocycles. The topological polar surface area (TPSA) is 52.3 Å². The zero-order valence-corrected chi connectivity index (χ0v) is 12.6. The summed E-state index contributed by atoms with van der Waals surface area (Å²) < 4.78 is 18.5. The lowest BCUT2D eigenvalue weighted by Crippen LogP contribution is -2.05. The van der Waals surface area contributed by atoms with Gasteiger partial charge in [0.05, 0.1) is 17.3 Å². The van der Waals surface area contributed by atoms with Crippen LogP contribution in [0.15, 0.2) is 18.2 Å². The van der Waals surface area contributed by atoms with Crippen LogP contribution in [0.3, 0.4) is 0 Å². The van der Waals surface area contributed by atoms with Crippen molar-refractivity contribution in [2.45, 2.75) is 13.8 Å². The molecule has 0 spiro atoms. The van der Waals surface area contributed by atoms with Gasteiger partial charge in [-0.25, -0.2) is 9.18 Å². The van der Waals surface area contributed by atoms with Crippen LogP contribution in [-0.4, -0.2) is 12.6 Å². The maximum absolute atomic E-state index is 13.5. The molecule has 0 aliphatic rings. The first-order valence-corrected chi connectivity index (χ1v) is 7.16. The summed E-state index contributed by atoms with van der Waals surface area (Å²) in [5, 5.41) is 0.0570. The van der Waals surface area contributed by atoms with E-state index >= 15 is 0 Å². The predicted molar refractivity (Wildman–Crippen MR) is 79.8 cm³/mol. The van der Waals surface area contributed by atoms with Gasteiger partial charge in [-0.1, -0.05) is 17.7 Å². The molecule has 0 radical (unpaired) electrons. The van der Waals surface area contributed by atoms with Gasteiger partial charge in [0.25, 0.3) is 0 Å². The van der Waals surface area contributed by atoms with Gasteiger partial charge in [0.1, 0.15) is 10.7 Å². The Morgan fingerprint density at radius 2 is 2.20 bits per heavy atom. The SMILES string of the molecule is CCOC(=O)c1sc(-c2ccc(Cl)c(F)c2)c(C)c1N. The molecule has 0 aliphatic heterocycles. The van der Waals surface area contributed by atoms with E-state index in [1.165, 1.54) is 23.5 Å². The molecule has 6 heteroatoms. The minimum Gasteiger partial charge on any atom is -0.462 e. The van der Waals surface area contributed by atoms with Gasteiger partial charge >= 0.3 is 5.97 Å². The fourth-order valence-corrected chi connectivity index (χ4v) is 3.02. The Bertz CT molecular complexity index is 669. The number of hydrogen-bond donors (Lipinski definition) is 1. The summed E-state index contributed by atoms with van der Waals surface area (Å²) in [6, 6.07) is 4.50. The molecule has 0 atom stereocenters. The van der Waals surface area contributed by atoms with Gasteiger partial charge in [-0.3, -0.25) is 0 Å². The van der Waals surface area contributed by atoms with Gasteiger partial charge in [-0.05, 0) is 37.1 Å². The van der Waals surface area contributed by atoms with Crippen molar-refractivity contribution in [3.05, 3.63) is 39.5 Å². The largest absolute Gasteiger partial charge is 0.462 e. The maximum atomic E-state index is 13.5. The second kappa shape index (κ2) is 5.81. The normalized spacial score (nSPS) is 10.6. The summed E-state index contributed by atoms with van der Waals surface area (Å²) in [6.45, 7) is 3.79. The van der Waals surface area contributed by atoms with Crippen LogP contribution in [0.5, 0.6) is 0 Å². The zero-order valence-electron chi connectivity index (χ0n) is 11.0. The highest BCUT2D eigenvalue weighted by Crippen LogP contribution is 2.39. The Kier molecular flexibility index (Phi) is 4.30. The number of halogens is 2. The van der Waals surface area contributed by atoms with E-state index in [0.29, 0.717) is 16.1 Å². The number of ether oxygens (including phenoxy) is 1. The van der Waals surface area contributed by atoms with Crippen LogP contribution in [0.2, 0.25) is 5.02 Å². The summed E-state index contributed by atoms with van der Waals surface area (Å²) >= 11 is 6.86. The number of benzene rings is 1. The highest BCUT2D eigenvalue weighted by Gasteiger charge is 2.20. The molecule has 0 fully saturated rings. The highest BCUT2D eigenvalue weighted by atomic mass is 35.5. The maximum Gasteiger partial charge on any atom is 0.350 e. The Labute approximate surface area is 125 Å². The van der Waals surface area contributed by atoms with E-state index < -0.39 is 11.8 Å². The molecule has 2 rings (SSSR count). The van der Waals surface area contributed by atoms with E-state index in [4.69, 9.17) is 22.1 Å². The Balaban J connectivity index is 2.50. The Morgan fingerprint density at radius 1 is 1.50 bits per heavy atom. The van der Waals surface area contributed by atoms with Crippen molar-refractivity contribution >= 4 is 34.6 Å². The summed E-state index contributed by atoms with van der Waals surface area (Å²) in [7, 11) is 0. The molecule has 2 N–H and O–H groups in total. The van der Waals surface area contributed by atoms with Crippen molar-refractivity contribution < 1.29 is 13.9 Å². The number of carbonyl (C=O) groups excluding carboxylic acids is 1. The average molecular weight is 314 g/mol. The minimum absolute atomic E-state index is 0.0570. The quantitative estimate of drug-likeness (QED) is 0.861. The van der Waals surface area contributed by atoms with E-state index in [9.17, 15) is 9.18 Å². The monoisotopic (exact) mass is 313 g/mol. The summed E-state index contributed by atoms with van der Waals surface area (Å²) in [5.41, 5.74) is 7.68. The summed E-state index contributed by atoms with van der Waals surface area (Å²) in [5.74, 6) is -0.966. The Morgan fingerprint density at radius 3 is 2.80 bits per heavy atom. The van der Waals surface area contributed by atoms with Crippen LogP contribution < -0.4 is 5.73 Å². The number of nitrogens with two attached hydrogens (primary N) is 1. The fraction of sp³-hybridized carbons (Fsp3) is 0.214. The average Bonchev–Trinajstić information content (AvgIpc) is 2.70. The molecule has 0 amide bonds. The van der Waals surface area contributed by atoms with Crippen molar-refractivity contribution in [3.8, 4) is 10.4 Å². The summed E-state index contributed by atoms with van der Waals surface area (Å²) in [6.07, 6.45) is 0. The molecule has 20 heavy (non-hydrogen) atoms. The van der Waals surface area contributed by atoms with E-state index in [-0.39, 0.29) is 11.6 Å². The molecule has 2 aromatic rings. The molecule has 0 aliphatic carbocycles.